The lowest BCUT2D eigenvalue weighted by atomic mass is 9.45. The highest BCUT2D eigenvalue weighted by Crippen LogP contribution is 2.67. The van der Waals surface area contributed by atoms with Crippen molar-refractivity contribution in [3.05, 3.63) is 89.4 Å². The van der Waals surface area contributed by atoms with Crippen LogP contribution in [-0.2, 0) is 17.8 Å². The number of aliphatic hydroxyl groups excluding tert-OH is 1. The highest BCUT2D eigenvalue weighted by molar-refractivity contribution is 5.86. The first-order chi connectivity index (χ1) is 21.1. The second kappa shape index (κ2) is 9.59. The number of hydrogen-bond acceptors (Lipinski definition) is 5. The van der Waals surface area contributed by atoms with Crippen LogP contribution in [0.15, 0.2) is 66.8 Å². The number of halogens is 1. The number of rotatable bonds is 4. The van der Waals surface area contributed by atoms with Crippen LogP contribution in [0.2, 0.25) is 0 Å². The molecule has 4 aromatic rings. The summed E-state index contributed by atoms with van der Waals surface area (Å²) in [5.41, 5.74) is 3.53. The summed E-state index contributed by atoms with van der Waals surface area (Å²) < 4.78 is 17.4. The van der Waals surface area contributed by atoms with Gasteiger partial charge in [-0.25, -0.2) is 14.1 Å². The number of carbonyl (C=O) groups excluding carboxylic acids is 1. The maximum absolute atomic E-state index is 13.7. The molecule has 4 aliphatic carbocycles. The maximum atomic E-state index is 13.7. The average molecular weight is 596 g/mol. The molecular weight excluding hydrogens is 557 g/mol. The first-order valence-electron chi connectivity index (χ1n) is 15.7. The number of nitrogens with zero attached hydrogens (tertiary/aromatic N) is 4. The fourth-order valence-corrected chi connectivity index (χ4v) is 9.75. The van der Waals surface area contributed by atoms with Gasteiger partial charge in [0, 0.05) is 30.6 Å². The van der Waals surface area contributed by atoms with Gasteiger partial charge >= 0.3 is 0 Å². The minimum atomic E-state index is -1.55. The minimum absolute atomic E-state index is 0.0233. The van der Waals surface area contributed by atoms with E-state index in [2.05, 4.69) is 28.4 Å². The van der Waals surface area contributed by atoms with Crippen molar-refractivity contribution >= 4 is 17.6 Å². The molecular formula is C35H38FN5O3. The van der Waals surface area contributed by atoms with E-state index < -0.39 is 17.1 Å². The minimum Gasteiger partial charge on any atom is -0.393 e. The fourth-order valence-electron chi connectivity index (χ4n) is 9.75. The van der Waals surface area contributed by atoms with Gasteiger partial charge in [0.1, 0.15) is 17.1 Å². The third kappa shape index (κ3) is 3.84. The number of nitrogens with one attached hydrogen (secondary N) is 1. The zero-order chi connectivity index (χ0) is 30.4. The summed E-state index contributed by atoms with van der Waals surface area (Å²) in [4.78, 5) is 18.0. The summed E-state index contributed by atoms with van der Waals surface area (Å²) in [6.07, 6.45) is 13.1. The molecule has 0 spiro atoms. The normalized spacial score (nSPS) is 34.1. The number of pyridine rings is 1. The average Bonchev–Trinajstić information content (AvgIpc) is 3.70. The van der Waals surface area contributed by atoms with E-state index in [-0.39, 0.29) is 34.9 Å². The van der Waals surface area contributed by atoms with E-state index in [4.69, 9.17) is 0 Å². The van der Waals surface area contributed by atoms with Gasteiger partial charge in [0.05, 0.1) is 23.7 Å². The Balaban J connectivity index is 1.05. The van der Waals surface area contributed by atoms with Gasteiger partial charge in [-0.2, -0.15) is 5.10 Å². The van der Waals surface area contributed by atoms with Gasteiger partial charge in [0.2, 0.25) is 0 Å². The molecule has 4 aliphatic rings. The van der Waals surface area contributed by atoms with Crippen molar-refractivity contribution in [2.45, 2.75) is 70.6 Å². The van der Waals surface area contributed by atoms with Crippen LogP contribution in [0, 0.1) is 34.4 Å². The number of imidazole rings is 1. The molecule has 5 unspecified atom stereocenters. The number of hydrogen-bond donors (Lipinski definition) is 3. The SMILES string of the molecule is CC12Cc3cnn(-c4ccc(F)cc4)c3C=C1CCC1C2[C@@H](O)CC2(C)C1CC[C@]2(O)C(=O)NCc1ccc2nccn2c1. The molecule has 7 atom stereocenters. The van der Waals surface area contributed by atoms with E-state index in [1.165, 1.54) is 17.7 Å². The molecule has 9 heteroatoms. The van der Waals surface area contributed by atoms with Crippen molar-refractivity contribution < 1.29 is 19.4 Å². The van der Waals surface area contributed by atoms with Crippen molar-refractivity contribution in [2.24, 2.45) is 28.6 Å². The monoisotopic (exact) mass is 595 g/mol. The Hall–Kier alpha value is -3.82. The zero-order valence-electron chi connectivity index (χ0n) is 25.1. The largest absolute Gasteiger partial charge is 0.393 e. The molecule has 0 aliphatic heterocycles. The van der Waals surface area contributed by atoms with Crippen molar-refractivity contribution in [2.75, 3.05) is 0 Å². The van der Waals surface area contributed by atoms with Gasteiger partial charge in [0.15, 0.2) is 0 Å². The highest BCUT2D eigenvalue weighted by atomic mass is 19.1. The molecule has 44 heavy (non-hydrogen) atoms. The van der Waals surface area contributed by atoms with Crippen LogP contribution >= 0.6 is 0 Å². The van der Waals surface area contributed by atoms with Crippen LogP contribution < -0.4 is 5.32 Å². The maximum Gasteiger partial charge on any atom is 0.252 e. The third-order valence-electron chi connectivity index (χ3n) is 11.9. The predicted octanol–water partition coefficient (Wildman–Crippen LogP) is 4.86. The van der Waals surface area contributed by atoms with E-state index in [1.807, 2.05) is 46.7 Å². The van der Waals surface area contributed by atoms with Crippen LogP contribution in [0.1, 0.15) is 62.8 Å². The fraction of sp³-hybridized carbons (Fsp3) is 0.457. The Morgan fingerprint density at radius 1 is 1.16 bits per heavy atom. The quantitative estimate of drug-likeness (QED) is 0.313. The molecule has 8 nitrogen and oxygen atoms in total. The van der Waals surface area contributed by atoms with E-state index in [0.29, 0.717) is 19.4 Å². The number of allylic oxidation sites excluding steroid dienone is 1. The summed E-state index contributed by atoms with van der Waals surface area (Å²) in [5, 5.41) is 31.7. The number of fused-ring (bicyclic) bond motifs is 7. The Bertz CT molecular complexity index is 1810. The van der Waals surface area contributed by atoms with Crippen molar-refractivity contribution in [1.29, 1.82) is 0 Å². The summed E-state index contributed by atoms with van der Waals surface area (Å²) in [6.45, 7) is 4.62. The van der Waals surface area contributed by atoms with Crippen LogP contribution in [0.5, 0.6) is 0 Å². The molecule has 1 amide bonds. The Morgan fingerprint density at radius 3 is 2.80 bits per heavy atom. The van der Waals surface area contributed by atoms with Gasteiger partial charge in [-0.3, -0.25) is 4.79 Å². The molecule has 0 radical (unpaired) electrons. The van der Waals surface area contributed by atoms with E-state index >= 15 is 0 Å². The Labute approximate surface area is 255 Å². The van der Waals surface area contributed by atoms with Gasteiger partial charge in [-0.1, -0.05) is 25.5 Å². The molecule has 3 aromatic heterocycles. The smallest absolute Gasteiger partial charge is 0.252 e. The third-order valence-corrected chi connectivity index (χ3v) is 11.9. The molecule has 0 saturated heterocycles. The van der Waals surface area contributed by atoms with Gasteiger partial charge in [-0.05, 0) is 109 Å². The summed E-state index contributed by atoms with van der Waals surface area (Å²) >= 11 is 0. The summed E-state index contributed by atoms with van der Waals surface area (Å²) in [5.74, 6) is -0.269. The Morgan fingerprint density at radius 2 is 1.98 bits per heavy atom. The van der Waals surface area contributed by atoms with Crippen molar-refractivity contribution in [1.82, 2.24) is 24.5 Å². The molecule has 3 fully saturated rings. The zero-order valence-corrected chi connectivity index (χ0v) is 25.1. The summed E-state index contributed by atoms with van der Waals surface area (Å²) in [7, 11) is 0. The lowest BCUT2D eigenvalue weighted by molar-refractivity contribution is -0.181. The first kappa shape index (κ1) is 27.7. The Kier molecular flexibility index (Phi) is 6.04. The standard InChI is InChI=1S/C35H38FN5O3/c1-33-16-22-19-39-41(25-7-5-24(36)6-8-25)28(22)15-23(33)4-9-26-27-11-12-35(44,34(27,2)17-29(42)31(26)33)32(43)38-18-21-3-10-30-37-13-14-40(30)20-21/h3,5-8,10,13-15,19-20,26-27,29,31,42,44H,4,9,11-12,16-18H2,1-2H3,(H,38,43)/t26?,27?,29-,31?,33?,34?,35-/m0/s1. The van der Waals surface area contributed by atoms with Gasteiger partial charge in [-0.15, -0.1) is 0 Å². The topological polar surface area (TPSA) is 105 Å². The first-order valence-corrected chi connectivity index (χ1v) is 15.7. The van der Waals surface area contributed by atoms with E-state index in [1.54, 1.807) is 18.3 Å². The van der Waals surface area contributed by atoms with Crippen LogP contribution in [0.4, 0.5) is 4.39 Å². The van der Waals surface area contributed by atoms with Crippen LogP contribution in [-0.4, -0.2) is 47.0 Å². The van der Waals surface area contributed by atoms with Gasteiger partial charge < -0.3 is 19.9 Å². The number of aliphatic hydroxyl groups is 2. The number of aromatic nitrogens is 4. The number of carbonyl (C=O) groups is 1. The van der Waals surface area contributed by atoms with Crippen LogP contribution in [0.3, 0.4) is 0 Å². The van der Waals surface area contributed by atoms with Crippen LogP contribution in [0.25, 0.3) is 17.4 Å². The van der Waals surface area contributed by atoms with E-state index in [0.717, 1.165) is 53.8 Å². The second-order valence-electron chi connectivity index (χ2n) is 14.0. The second-order valence-corrected chi connectivity index (χ2v) is 14.0. The number of benzene rings is 1. The molecule has 3 heterocycles. The highest BCUT2D eigenvalue weighted by Gasteiger charge is 2.68. The van der Waals surface area contributed by atoms with Gasteiger partial charge in [0.25, 0.3) is 5.91 Å². The van der Waals surface area contributed by atoms with Crippen molar-refractivity contribution in [3.8, 4) is 5.69 Å². The number of amides is 1. The molecule has 3 N–H and O–H groups in total. The van der Waals surface area contributed by atoms with E-state index in [9.17, 15) is 19.4 Å². The molecule has 228 valence electrons. The lowest BCUT2D eigenvalue weighted by Gasteiger charge is -2.60. The predicted molar refractivity (Wildman–Crippen MR) is 163 cm³/mol. The van der Waals surface area contributed by atoms with Crippen molar-refractivity contribution in [3.63, 3.8) is 0 Å². The lowest BCUT2D eigenvalue weighted by Crippen LogP contribution is -2.63. The molecule has 3 saturated carbocycles. The molecule has 8 rings (SSSR count). The summed E-state index contributed by atoms with van der Waals surface area (Å²) in [6, 6.07) is 10.2. The molecule has 0 bridgehead atoms. The molecule has 1 aromatic carbocycles.